The summed E-state index contributed by atoms with van der Waals surface area (Å²) in [6.45, 7) is 5.19. The second kappa shape index (κ2) is 6.22. The Morgan fingerprint density at radius 1 is 1.58 bits per heavy atom. The highest BCUT2D eigenvalue weighted by Gasteiger charge is 2.13. The van der Waals surface area contributed by atoms with Gasteiger partial charge in [-0.1, -0.05) is 18.6 Å². The molecular formula is C14H18O5. The Hall–Kier alpha value is -2.04. The highest BCUT2D eigenvalue weighted by Crippen LogP contribution is 2.23. The SMILES string of the molecule is COc1cc(C(C)C=C(C)CC(=O)O)oc(=O)c1C. The summed E-state index contributed by atoms with van der Waals surface area (Å²) >= 11 is 0. The Kier molecular flexibility index (Phi) is 4.92. The van der Waals surface area contributed by atoms with E-state index in [2.05, 4.69) is 0 Å². The van der Waals surface area contributed by atoms with Crippen molar-refractivity contribution in [2.75, 3.05) is 7.11 Å². The van der Waals surface area contributed by atoms with Gasteiger partial charge in [0.2, 0.25) is 0 Å². The molecule has 0 saturated carbocycles. The zero-order chi connectivity index (χ0) is 14.6. The first-order valence-electron chi connectivity index (χ1n) is 5.92. The molecule has 0 spiro atoms. The average molecular weight is 266 g/mol. The van der Waals surface area contributed by atoms with E-state index < -0.39 is 11.6 Å². The lowest BCUT2D eigenvalue weighted by Gasteiger charge is -2.10. The summed E-state index contributed by atoms with van der Waals surface area (Å²) in [5.41, 5.74) is 0.692. The van der Waals surface area contributed by atoms with E-state index in [1.807, 2.05) is 6.92 Å². The van der Waals surface area contributed by atoms with E-state index in [1.165, 1.54) is 7.11 Å². The minimum atomic E-state index is -0.885. The molecule has 0 aromatic carbocycles. The fraction of sp³-hybridized carbons (Fsp3) is 0.429. The van der Waals surface area contributed by atoms with Crippen molar-refractivity contribution in [2.24, 2.45) is 0 Å². The van der Waals surface area contributed by atoms with E-state index in [0.29, 0.717) is 22.6 Å². The number of hydrogen-bond acceptors (Lipinski definition) is 4. The first kappa shape index (κ1) is 15.0. The van der Waals surface area contributed by atoms with E-state index >= 15 is 0 Å². The molecule has 0 saturated heterocycles. The molecular weight excluding hydrogens is 248 g/mol. The van der Waals surface area contributed by atoms with Gasteiger partial charge in [0, 0.05) is 12.0 Å². The summed E-state index contributed by atoms with van der Waals surface area (Å²) in [5.74, 6) is -0.148. The number of carboxylic acids is 1. The van der Waals surface area contributed by atoms with Gasteiger partial charge in [0.1, 0.15) is 11.5 Å². The third kappa shape index (κ3) is 3.98. The van der Waals surface area contributed by atoms with Crippen LogP contribution in [-0.2, 0) is 4.79 Å². The van der Waals surface area contributed by atoms with E-state index in [0.717, 1.165) is 0 Å². The van der Waals surface area contributed by atoms with Crippen molar-refractivity contribution in [3.8, 4) is 5.75 Å². The monoisotopic (exact) mass is 266 g/mol. The van der Waals surface area contributed by atoms with E-state index in [9.17, 15) is 9.59 Å². The third-order valence-corrected chi connectivity index (χ3v) is 2.79. The van der Waals surface area contributed by atoms with Gasteiger partial charge in [0.15, 0.2) is 0 Å². The largest absolute Gasteiger partial charge is 0.496 e. The van der Waals surface area contributed by atoms with Crippen LogP contribution in [0.3, 0.4) is 0 Å². The molecule has 1 atom stereocenters. The van der Waals surface area contributed by atoms with Gasteiger partial charge in [-0.15, -0.1) is 0 Å². The van der Waals surface area contributed by atoms with Crippen LogP contribution in [-0.4, -0.2) is 18.2 Å². The lowest BCUT2D eigenvalue weighted by molar-refractivity contribution is -0.136. The van der Waals surface area contributed by atoms with E-state index in [1.54, 1.807) is 26.0 Å². The molecule has 0 radical (unpaired) electrons. The van der Waals surface area contributed by atoms with Crippen molar-refractivity contribution in [2.45, 2.75) is 33.1 Å². The lowest BCUT2D eigenvalue weighted by atomic mass is 10.0. The van der Waals surface area contributed by atoms with Crippen LogP contribution in [0.15, 0.2) is 26.9 Å². The maximum Gasteiger partial charge on any atom is 0.342 e. The quantitative estimate of drug-likeness (QED) is 0.828. The standard InChI is InChI=1S/C14H18O5/c1-8(6-13(15)16)5-9(2)11-7-12(18-4)10(3)14(17)19-11/h5,7,9H,6H2,1-4H3,(H,15,16). The molecule has 1 unspecified atom stereocenters. The molecule has 19 heavy (non-hydrogen) atoms. The van der Waals surface area contributed by atoms with Crippen molar-refractivity contribution in [3.63, 3.8) is 0 Å². The predicted molar refractivity (Wildman–Crippen MR) is 70.7 cm³/mol. The zero-order valence-corrected chi connectivity index (χ0v) is 11.5. The van der Waals surface area contributed by atoms with Crippen molar-refractivity contribution in [3.05, 3.63) is 39.5 Å². The zero-order valence-electron chi connectivity index (χ0n) is 11.5. The van der Waals surface area contributed by atoms with Crippen molar-refractivity contribution >= 4 is 5.97 Å². The van der Waals surface area contributed by atoms with Gasteiger partial charge in [0.05, 0.1) is 19.1 Å². The molecule has 1 N–H and O–H groups in total. The molecule has 5 nitrogen and oxygen atoms in total. The van der Waals surface area contributed by atoms with Crippen LogP contribution >= 0.6 is 0 Å². The lowest BCUT2D eigenvalue weighted by Crippen LogP contribution is -2.08. The van der Waals surface area contributed by atoms with Crippen LogP contribution in [0.4, 0.5) is 0 Å². The number of aliphatic carboxylic acids is 1. The Morgan fingerprint density at radius 3 is 2.74 bits per heavy atom. The van der Waals surface area contributed by atoms with Gasteiger partial charge in [-0.2, -0.15) is 0 Å². The van der Waals surface area contributed by atoms with Crippen molar-refractivity contribution in [1.29, 1.82) is 0 Å². The number of ether oxygens (including phenoxy) is 1. The number of rotatable bonds is 5. The Balaban J connectivity index is 3.07. The summed E-state index contributed by atoms with van der Waals surface area (Å²) < 4.78 is 10.3. The molecule has 1 aromatic rings. The highest BCUT2D eigenvalue weighted by molar-refractivity contribution is 5.69. The van der Waals surface area contributed by atoms with Gasteiger partial charge in [-0.05, 0) is 13.8 Å². The van der Waals surface area contributed by atoms with Gasteiger partial charge in [-0.3, -0.25) is 4.79 Å². The number of methoxy groups -OCH3 is 1. The molecule has 0 aliphatic heterocycles. The molecule has 1 rings (SSSR count). The highest BCUT2D eigenvalue weighted by atomic mass is 16.5. The maximum atomic E-state index is 11.6. The summed E-state index contributed by atoms with van der Waals surface area (Å²) in [5, 5.41) is 8.70. The van der Waals surface area contributed by atoms with E-state index in [4.69, 9.17) is 14.3 Å². The Morgan fingerprint density at radius 2 is 2.21 bits per heavy atom. The topological polar surface area (TPSA) is 76.7 Å². The smallest absolute Gasteiger partial charge is 0.342 e. The first-order chi connectivity index (χ1) is 8.85. The van der Waals surface area contributed by atoms with Gasteiger partial charge in [-0.25, -0.2) is 4.79 Å². The minimum Gasteiger partial charge on any atom is -0.496 e. The maximum absolute atomic E-state index is 11.6. The van der Waals surface area contributed by atoms with Crippen LogP contribution in [0.5, 0.6) is 5.75 Å². The Labute approximate surface area is 111 Å². The predicted octanol–water partition coefficient (Wildman–Crippen LogP) is 2.48. The van der Waals surface area contributed by atoms with Crippen LogP contribution in [0.1, 0.15) is 37.5 Å². The fourth-order valence-electron chi connectivity index (χ4n) is 1.79. The molecule has 0 aliphatic rings. The van der Waals surface area contributed by atoms with E-state index in [-0.39, 0.29) is 12.3 Å². The first-order valence-corrected chi connectivity index (χ1v) is 5.92. The summed E-state index contributed by atoms with van der Waals surface area (Å²) in [4.78, 5) is 22.2. The molecule has 0 fully saturated rings. The van der Waals surface area contributed by atoms with Gasteiger partial charge < -0.3 is 14.3 Å². The molecule has 0 bridgehead atoms. The van der Waals surface area contributed by atoms with Crippen LogP contribution in [0.2, 0.25) is 0 Å². The molecule has 1 aromatic heterocycles. The molecule has 1 heterocycles. The second-order valence-corrected chi connectivity index (χ2v) is 4.50. The van der Waals surface area contributed by atoms with Crippen LogP contribution in [0, 0.1) is 6.92 Å². The number of carbonyl (C=O) groups is 1. The fourth-order valence-corrected chi connectivity index (χ4v) is 1.79. The van der Waals surface area contributed by atoms with Crippen LogP contribution < -0.4 is 10.4 Å². The normalized spacial score (nSPS) is 13.2. The third-order valence-electron chi connectivity index (χ3n) is 2.79. The van der Waals surface area contributed by atoms with Crippen molar-refractivity contribution < 1.29 is 19.1 Å². The average Bonchev–Trinajstić information content (AvgIpc) is 2.31. The minimum absolute atomic E-state index is 0.0302. The van der Waals surface area contributed by atoms with Crippen LogP contribution in [0.25, 0.3) is 0 Å². The summed E-state index contributed by atoms with van der Waals surface area (Å²) in [6, 6.07) is 1.66. The number of hydrogen-bond donors (Lipinski definition) is 1. The molecule has 5 heteroatoms. The molecule has 0 amide bonds. The summed E-state index contributed by atoms with van der Waals surface area (Å²) in [6.07, 6.45) is 1.73. The Bertz CT molecular complexity index is 553. The van der Waals surface area contributed by atoms with Crippen molar-refractivity contribution in [1.82, 2.24) is 0 Å². The molecule has 104 valence electrons. The number of allylic oxidation sites excluding steroid dienone is 1. The van der Waals surface area contributed by atoms with Gasteiger partial charge >= 0.3 is 11.6 Å². The summed E-state index contributed by atoms with van der Waals surface area (Å²) in [7, 11) is 1.49. The molecule has 0 aliphatic carbocycles. The second-order valence-electron chi connectivity index (χ2n) is 4.50. The van der Waals surface area contributed by atoms with Gasteiger partial charge in [0.25, 0.3) is 0 Å². The number of carboxylic acid groups (broad SMARTS) is 1.